The Hall–Kier alpha value is -3.75. The lowest BCUT2D eigenvalue weighted by Crippen LogP contribution is -2.50. The Morgan fingerprint density at radius 1 is 0.585 bits per heavy atom. The van der Waals surface area contributed by atoms with Crippen LogP contribution < -0.4 is 0 Å². The summed E-state index contributed by atoms with van der Waals surface area (Å²) in [5.74, 6) is -1.62. The first-order valence-electron chi connectivity index (χ1n) is 19.8. The van der Waals surface area contributed by atoms with Gasteiger partial charge in [-0.15, -0.1) is 0 Å². The summed E-state index contributed by atoms with van der Waals surface area (Å²) in [6, 6.07) is -0.634. The Balaban J connectivity index is 4.57. The monoisotopic (exact) mass is 739 g/mol. The minimum absolute atomic E-state index is 0.0227. The zero-order valence-electron chi connectivity index (χ0n) is 33.7. The van der Waals surface area contributed by atoms with Gasteiger partial charge in [-0.2, -0.15) is 0 Å². The van der Waals surface area contributed by atoms with Crippen molar-refractivity contribution in [3.63, 3.8) is 0 Å². The first-order valence-corrected chi connectivity index (χ1v) is 19.8. The van der Waals surface area contributed by atoms with Crippen molar-refractivity contribution in [1.82, 2.24) is 0 Å². The Morgan fingerprint density at radius 2 is 1.13 bits per heavy atom. The number of likely N-dealkylation sites (N-methyl/N-ethyl adjacent to an activating group) is 1. The van der Waals surface area contributed by atoms with E-state index in [0.717, 1.165) is 77.0 Å². The van der Waals surface area contributed by atoms with Crippen LogP contribution in [-0.4, -0.2) is 80.6 Å². The molecular formula is C45H72NO7+. The molecule has 0 aliphatic rings. The highest BCUT2D eigenvalue weighted by Gasteiger charge is 2.31. The molecule has 2 atom stereocenters. The summed E-state index contributed by atoms with van der Waals surface area (Å²) in [6.45, 7) is 4.35. The van der Waals surface area contributed by atoms with E-state index >= 15 is 0 Å². The molecule has 0 saturated carbocycles. The van der Waals surface area contributed by atoms with Gasteiger partial charge in [0.1, 0.15) is 6.61 Å². The van der Waals surface area contributed by atoms with Crippen LogP contribution in [0.2, 0.25) is 0 Å². The number of rotatable bonds is 33. The number of hydrogen-bond donors (Lipinski definition) is 1. The molecule has 298 valence electrons. The van der Waals surface area contributed by atoms with E-state index in [2.05, 4.69) is 86.8 Å². The summed E-state index contributed by atoms with van der Waals surface area (Å²) in [6.07, 6.45) is 46.1. The lowest BCUT2D eigenvalue weighted by molar-refractivity contribution is -0.887. The normalized spacial score (nSPS) is 14.1. The van der Waals surface area contributed by atoms with Crippen molar-refractivity contribution >= 4 is 17.9 Å². The first-order chi connectivity index (χ1) is 25.6. The fourth-order valence-electron chi connectivity index (χ4n) is 5.02. The minimum atomic E-state index is -0.894. The third kappa shape index (κ3) is 33.8. The van der Waals surface area contributed by atoms with Gasteiger partial charge in [0.05, 0.1) is 34.4 Å². The van der Waals surface area contributed by atoms with Crippen LogP contribution in [0.3, 0.4) is 0 Å². The highest BCUT2D eigenvalue weighted by Crippen LogP contribution is 2.11. The van der Waals surface area contributed by atoms with Crippen molar-refractivity contribution < 1.29 is 38.2 Å². The average Bonchev–Trinajstić information content (AvgIpc) is 3.11. The standard InChI is InChI=1S/C45H71NO7/c1-6-8-10-12-14-16-18-20-21-22-24-25-27-29-31-33-35-43(47)52-40-41(39-51-38-37-42(45(49)50)46(3,4)5)53-44(48)36-34-32-30-28-26-23-19-17-15-13-11-9-7-2/h8-11,13-17,19-21,24-25,29,31,41-42H,6-7,12,18,22-23,26-28,30,32-40H2,1-5H3/p+1/b10-8+,11-9+,15-13+,16-14+,19-17+,21-20+,25-24+,31-29+. The van der Waals surface area contributed by atoms with E-state index in [4.69, 9.17) is 14.2 Å². The molecule has 8 heteroatoms. The molecule has 0 aromatic carbocycles. The molecule has 0 aliphatic heterocycles. The van der Waals surface area contributed by atoms with Crippen LogP contribution in [0.4, 0.5) is 0 Å². The molecular weight excluding hydrogens is 666 g/mol. The van der Waals surface area contributed by atoms with Gasteiger partial charge in [-0.25, -0.2) is 4.79 Å². The number of nitrogens with zero attached hydrogens (tertiary/aromatic N) is 1. The van der Waals surface area contributed by atoms with Crippen molar-refractivity contribution in [3.8, 4) is 0 Å². The van der Waals surface area contributed by atoms with E-state index in [1.807, 2.05) is 45.4 Å². The second-order valence-electron chi connectivity index (χ2n) is 13.8. The van der Waals surface area contributed by atoms with Crippen LogP contribution in [0.5, 0.6) is 0 Å². The van der Waals surface area contributed by atoms with Crippen LogP contribution in [-0.2, 0) is 28.6 Å². The molecule has 0 aromatic rings. The smallest absolute Gasteiger partial charge is 0.362 e. The number of unbranched alkanes of at least 4 members (excludes halogenated alkanes) is 5. The van der Waals surface area contributed by atoms with Crippen molar-refractivity contribution in [2.45, 2.75) is 129 Å². The molecule has 0 amide bonds. The van der Waals surface area contributed by atoms with Crippen molar-refractivity contribution in [2.24, 2.45) is 0 Å². The Bertz CT molecular complexity index is 1180. The highest BCUT2D eigenvalue weighted by molar-refractivity contribution is 5.72. The topological polar surface area (TPSA) is 99.1 Å². The van der Waals surface area contributed by atoms with E-state index < -0.39 is 18.1 Å². The van der Waals surface area contributed by atoms with Gasteiger partial charge in [0, 0.05) is 19.3 Å². The summed E-state index contributed by atoms with van der Waals surface area (Å²) in [5.41, 5.74) is 0. The van der Waals surface area contributed by atoms with Crippen molar-refractivity contribution in [2.75, 3.05) is 41.0 Å². The molecule has 53 heavy (non-hydrogen) atoms. The van der Waals surface area contributed by atoms with Gasteiger partial charge in [0.2, 0.25) is 0 Å². The third-order valence-electron chi connectivity index (χ3n) is 8.05. The van der Waals surface area contributed by atoms with E-state index in [0.29, 0.717) is 12.8 Å². The zero-order valence-corrected chi connectivity index (χ0v) is 33.7. The predicted octanol–water partition coefficient (Wildman–Crippen LogP) is 10.3. The molecule has 0 fully saturated rings. The fourth-order valence-corrected chi connectivity index (χ4v) is 5.02. The average molecular weight is 739 g/mol. The quantitative estimate of drug-likeness (QED) is 0.0235. The maximum Gasteiger partial charge on any atom is 0.362 e. The highest BCUT2D eigenvalue weighted by atomic mass is 16.6. The predicted molar refractivity (Wildman–Crippen MR) is 219 cm³/mol. The Labute approximate surface area is 322 Å². The molecule has 0 spiro atoms. The van der Waals surface area contributed by atoms with Gasteiger partial charge in [-0.1, -0.05) is 130 Å². The summed E-state index contributed by atoms with van der Waals surface area (Å²) < 4.78 is 17.1. The lowest BCUT2D eigenvalue weighted by Gasteiger charge is -2.31. The number of ether oxygens (including phenoxy) is 3. The van der Waals surface area contributed by atoms with E-state index in [-0.39, 0.29) is 49.1 Å². The fraction of sp³-hybridized carbons (Fsp3) is 0.578. The molecule has 0 aliphatic carbocycles. The molecule has 0 bridgehead atoms. The van der Waals surface area contributed by atoms with Gasteiger partial charge >= 0.3 is 17.9 Å². The van der Waals surface area contributed by atoms with Crippen LogP contribution in [0.25, 0.3) is 0 Å². The van der Waals surface area contributed by atoms with Gasteiger partial charge < -0.3 is 23.8 Å². The number of aliphatic carboxylic acids is 1. The number of allylic oxidation sites excluding steroid dienone is 16. The summed E-state index contributed by atoms with van der Waals surface area (Å²) in [4.78, 5) is 36.8. The Kier molecular flexibility index (Phi) is 32.8. The number of quaternary nitrogens is 1. The molecule has 0 rings (SSSR count). The number of carbonyl (C=O) groups excluding carboxylic acids is 2. The molecule has 8 nitrogen and oxygen atoms in total. The number of esters is 2. The van der Waals surface area contributed by atoms with Crippen LogP contribution in [0.15, 0.2) is 97.2 Å². The molecule has 0 heterocycles. The SMILES string of the molecule is CC/C=C/C=C/C=C/CCCCCCCC(=O)OC(COCCC(C(=O)O)[N+](C)(C)C)COC(=O)CC/C=C/C/C=C/C/C=C/C/C=C/C/C=C/CC. The first kappa shape index (κ1) is 49.2. The Morgan fingerprint density at radius 3 is 1.72 bits per heavy atom. The van der Waals surface area contributed by atoms with Gasteiger partial charge in [-0.05, 0) is 64.2 Å². The maximum absolute atomic E-state index is 12.7. The molecule has 0 saturated heterocycles. The van der Waals surface area contributed by atoms with Crippen molar-refractivity contribution in [3.05, 3.63) is 97.2 Å². The lowest BCUT2D eigenvalue weighted by atomic mass is 10.1. The molecule has 2 unspecified atom stereocenters. The zero-order chi connectivity index (χ0) is 39.3. The van der Waals surface area contributed by atoms with Crippen LogP contribution in [0, 0.1) is 0 Å². The van der Waals surface area contributed by atoms with Crippen LogP contribution in [0.1, 0.15) is 117 Å². The summed E-state index contributed by atoms with van der Waals surface area (Å²) in [7, 11) is 5.47. The van der Waals surface area contributed by atoms with Crippen molar-refractivity contribution in [1.29, 1.82) is 0 Å². The van der Waals surface area contributed by atoms with E-state index in [1.165, 1.54) is 0 Å². The number of carboxylic acid groups (broad SMARTS) is 1. The van der Waals surface area contributed by atoms with Gasteiger partial charge in [0.25, 0.3) is 0 Å². The second-order valence-corrected chi connectivity index (χ2v) is 13.8. The van der Waals surface area contributed by atoms with Crippen LogP contribution >= 0.6 is 0 Å². The minimum Gasteiger partial charge on any atom is -0.477 e. The molecule has 1 N–H and O–H groups in total. The number of carboxylic acids is 1. The van der Waals surface area contributed by atoms with Gasteiger partial charge in [-0.3, -0.25) is 9.59 Å². The number of carbonyl (C=O) groups is 3. The van der Waals surface area contributed by atoms with Gasteiger partial charge in [0.15, 0.2) is 12.1 Å². The van der Waals surface area contributed by atoms with E-state index in [1.54, 1.807) is 0 Å². The third-order valence-corrected chi connectivity index (χ3v) is 8.05. The maximum atomic E-state index is 12.7. The summed E-state index contributed by atoms with van der Waals surface area (Å²) in [5, 5.41) is 9.59. The van der Waals surface area contributed by atoms with E-state index in [9.17, 15) is 19.5 Å². The summed E-state index contributed by atoms with van der Waals surface area (Å²) >= 11 is 0. The second kappa shape index (κ2) is 35.3. The molecule has 0 radical (unpaired) electrons. The largest absolute Gasteiger partial charge is 0.477 e. The number of hydrogen-bond acceptors (Lipinski definition) is 6. The molecule has 0 aromatic heterocycles.